The molecule has 1 aliphatic carbocycles. The number of aromatic amines is 1. The third-order valence-corrected chi connectivity index (χ3v) is 13.3. The van der Waals surface area contributed by atoms with Gasteiger partial charge < -0.3 is 30.8 Å². The molecule has 53 heavy (non-hydrogen) atoms. The van der Waals surface area contributed by atoms with Gasteiger partial charge in [0.1, 0.15) is 28.8 Å². The third-order valence-electron chi connectivity index (χ3n) is 9.82. The highest BCUT2D eigenvalue weighted by molar-refractivity contribution is 6.98. The number of carbonyl (C=O) groups excluding carboxylic acids is 1. The topological polar surface area (TPSA) is 162 Å². The third kappa shape index (κ3) is 6.62. The quantitative estimate of drug-likeness (QED) is 0.125. The second-order valence-corrected chi connectivity index (χ2v) is 18.4. The Balaban J connectivity index is 1.17. The van der Waals surface area contributed by atoms with Crippen LogP contribution in [0.25, 0.3) is 16.7 Å². The van der Waals surface area contributed by atoms with E-state index in [0.29, 0.717) is 28.2 Å². The molecule has 1 aliphatic heterocycles. The van der Waals surface area contributed by atoms with E-state index in [9.17, 15) is 14.7 Å². The molecule has 0 saturated carbocycles. The van der Waals surface area contributed by atoms with Crippen LogP contribution in [0.5, 0.6) is 5.88 Å². The van der Waals surface area contributed by atoms with Gasteiger partial charge in [0.15, 0.2) is 16.9 Å². The number of carboxylic acids is 1. The predicted molar refractivity (Wildman–Crippen MR) is 210 cm³/mol. The van der Waals surface area contributed by atoms with Gasteiger partial charge in [-0.2, -0.15) is 9.97 Å². The lowest BCUT2D eigenvalue weighted by Crippen LogP contribution is -2.49. The maximum absolute atomic E-state index is 13.7. The minimum Gasteiger partial charge on any atom is -0.478 e. The van der Waals surface area contributed by atoms with Crippen LogP contribution >= 0.6 is 0 Å². The molecular weight excluding hydrogens is 685 g/mol. The molecule has 0 spiro atoms. The van der Waals surface area contributed by atoms with Crippen molar-refractivity contribution in [2.45, 2.75) is 26.2 Å². The Morgan fingerprint density at radius 3 is 2.45 bits per heavy atom. The highest BCUT2D eigenvalue weighted by Crippen LogP contribution is 2.43. The highest BCUT2D eigenvalue weighted by atomic mass is 28.3. The standard InChI is InChI=1S/C40H40N8O4Si/c1-47(2)26-12-15-29-32(18-26)53(5,6)33-19-27(48(3)4)13-16-30(33)34(29)31-17-25(11-14-28(31)39(50)51)37(49)42-20-23-7-9-24(10-8-23)21-52-38-35-36(44-22-43-35)45-40(41)46-38/h7-19,22H,20-21H2,1-6H3,(H4-,41,42,43,44,45,46,49,50,51)/p+1. The van der Waals surface area contributed by atoms with Gasteiger partial charge >= 0.3 is 5.97 Å². The monoisotopic (exact) mass is 725 g/mol. The summed E-state index contributed by atoms with van der Waals surface area (Å²) in [5, 5.41) is 15.9. The first-order chi connectivity index (χ1) is 25.3. The fraction of sp³-hybridized carbons (Fsp3) is 0.200. The zero-order valence-corrected chi connectivity index (χ0v) is 31.5. The number of nitrogens with two attached hydrogens (primary N) is 1. The number of hydrogen-bond acceptors (Lipinski definition) is 8. The first-order valence-corrected chi connectivity index (χ1v) is 20.2. The number of aromatic nitrogens is 4. The van der Waals surface area contributed by atoms with E-state index in [-0.39, 0.29) is 30.6 Å². The number of amides is 1. The lowest BCUT2D eigenvalue weighted by atomic mass is 9.86. The van der Waals surface area contributed by atoms with Gasteiger partial charge in [-0.1, -0.05) is 43.4 Å². The summed E-state index contributed by atoms with van der Waals surface area (Å²) in [6.07, 6.45) is 7.92. The largest absolute Gasteiger partial charge is 0.478 e. The van der Waals surface area contributed by atoms with Crippen molar-refractivity contribution < 1.29 is 24.0 Å². The van der Waals surface area contributed by atoms with Crippen molar-refractivity contribution in [2.75, 3.05) is 38.8 Å². The number of rotatable bonds is 9. The fourth-order valence-corrected chi connectivity index (χ4v) is 9.94. The number of allylic oxidation sites excluding steroid dienone is 5. The molecule has 0 bridgehead atoms. The summed E-state index contributed by atoms with van der Waals surface area (Å²) in [4.78, 5) is 43.9. The predicted octanol–water partition coefficient (Wildman–Crippen LogP) is 4.69. The number of ether oxygens (including phenoxy) is 1. The van der Waals surface area contributed by atoms with Crippen molar-refractivity contribution >= 4 is 59.2 Å². The van der Waals surface area contributed by atoms with Gasteiger partial charge in [0, 0.05) is 44.0 Å². The normalized spacial score (nSPS) is 14.4. The van der Waals surface area contributed by atoms with Crippen LogP contribution in [0.2, 0.25) is 13.1 Å². The van der Waals surface area contributed by atoms with Crippen molar-refractivity contribution in [3.05, 3.63) is 129 Å². The first-order valence-electron chi connectivity index (χ1n) is 17.2. The second-order valence-electron chi connectivity index (χ2n) is 14.1. The van der Waals surface area contributed by atoms with E-state index in [4.69, 9.17) is 10.5 Å². The molecule has 0 radical (unpaired) electrons. The van der Waals surface area contributed by atoms with Gasteiger partial charge in [0.2, 0.25) is 11.8 Å². The number of imidazole rings is 1. The fourth-order valence-electron chi connectivity index (χ4n) is 6.87. The van der Waals surface area contributed by atoms with Gasteiger partial charge in [-0.3, -0.25) is 4.79 Å². The van der Waals surface area contributed by atoms with E-state index in [1.54, 1.807) is 12.1 Å². The number of carbonyl (C=O) groups is 2. The molecule has 1 amide bonds. The maximum Gasteiger partial charge on any atom is 0.336 e. The Bertz CT molecular complexity index is 2440. The SMILES string of the molecule is CN(C)c1ccc2c(c1)[Si](C)(C)C1=CC(=[N+](C)C)C=CC1=C2c1cc(C(=O)NCc2ccc(COc3nc(N)nc4[nH]cnc34)cc2)ccc1C(=O)O. The van der Waals surface area contributed by atoms with E-state index in [1.807, 2.05) is 52.5 Å². The molecule has 12 nitrogen and oxygen atoms in total. The molecule has 5 aromatic rings. The van der Waals surface area contributed by atoms with Gasteiger partial charge in [-0.05, 0) is 80.2 Å². The second kappa shape index (κ2) is 13.7. The average Bonchev–Trinajstić information content (AvgIpc) is 3.61. The minimum absolute atomic E-state index is 0.0855. The molecule has 0 atom stereocenters. The van der Waals surface area contributed by atoms with Crippen LogP contribution in [0.1, 0.15) is 43.0 Å². The molecule has 3 aromatic carbocycles. The van der Waals surface area contributed by atoms with Crippen LogP contribution in [0.3, 0.4) is 0 Å². The van der Waals surface area contributed by atoms with Crippen LogP contribution in [-0.4, -0.2) is 83.5 Å². The first kappa shape index (κ1) is 35.1. The Morgan fingerprint density at radius 1 is 0.981 bits per heavy atom. The van der Waals surface area contributed by atoms with Crippen LogP contribution in [0.4, 0.5) is 11.6 Å². The Labute approximate surface area is 308 Å². The lowest BCUT2D eigenvalue weighted by molar-refractivity contribution is -0.462. The Morgan fingerprint density at radius 2 is 1.74 bits per heavy atom. The average molecular weight is 726 g/mol. The van der Waals surface area contributed by atoms with Crippen molar-refractivity contribution in [2.24, 2.45) is 0 Å². The number of aromatic carboxylic acids is 1. The van der Waals surface area contributed by atoms with E-state index in [0.717, 1.165) is 39.2 Å². The number of hydrogen-bond donors (Lipinski definition) is 4. The van der Waals surface area contributed by atoms with Crippen molar-refractivity contribution in [3.8, 4) is 5.88 Å². The molecule has 2 aliphatic rings. The van der Waals surface area contributed by atoms with Crippen molar-refractivity contribution in [3.63, 3.8) is 0 Å². The van der Waals surface area contributed by atoms with Gasteiger partial charge in [0.25, 0.3) is 5.91 Å². The summed E-state index contributed by atoms with van der Waals surface area (Å²) >= 11 is 0. The number of anilines is 2. The zero-order chi connectivity index (χ0) is 37.6. The number of nitrogens with zero attached hydrogens (tertiary/aromatic N) is 5. The number of fused-ring (bicyclic) bond motifs is 3. The van der Waals surface area contributed by atoms with Gasteiger partial charge in [-0.25, -0.2) is 14.4 Å². The molecule has 13 heteroatoms. The number of carboxylic acid groups (broad SMARTS) is 1. The molecule has 5 N–H and O–H groups in total. The molecule has 268 valence electrons. The summed E-state index contributed by atoms with van der Waals surface area (Å²) in [7, 11) is 5.83. The molecular formula is C40H41N8O4Si+. The summed E-state index contributed by atoms with van der Waals surface area (Å²) in [5.41, 5.74) is 14.6. The highest BCUT2D eigenvalue weighted by Gasteiger charge is 2.41. The van der Waals surface area contributed by atoms with E-state index in [2.05, 4.69) is 84.2 Å². The molecule has 0 unspecified atom stereocenters. The van der Waals surface area contributed by atoms with Gasteiger partial charge in [-0.15, -0.1) is 0 Å². The number of H-pyrrole nitrogens is 1. The summed E-state index contributed by atoms with van der Waals surface area (Å²) < 4.78 is 7.97. The van der Waals surface area contributed by atoms with Crippen LogP contribution in [0, 0.1) is 0 Å². The lowest BCUT2D eigenvalue weighted by Gasteiger charge is -2.38. The van der Waals surface area contributed by atoms with E-state index in [1.165, 1.54) is 22.8 Å². The van der Waals surface area contributed by atoms with Crippen LogP contribution < -0.4 is 25.9 Å². The van der Waals surface area contributed by atoms with E-state index < -0.39 is 14.0 Å². The number of nitrogen functional groups attached to an aromatic ring is 1. The number of nitrogens with one attached hydrogen (secondary N) is 2. The van der Waals surface area contributed by atoms with Crippen molar-refractivity contribution in [1.29, 1.82) is 0 Å². The summed E-state index contributed by atoms with van der Waals surface area (Å²) in [5.74, 6) is -0.987. The number of benzene rings is 3. The maximum atomic E-state index is 13.7. The Kier molecular flexibility index (Phi) is 9.04. The molecule has 3 heterocycles. The van der Waals surface area contributed by atoms with Crippen LogP contribution in [0.15, 0.2) is 96.0 Å². The Hall–Kier alpha value is -6.34. The van der Waals surface area contributed by atoms with E-state index >= 15 is 0 Å². The molecule has 2 aromatic heterocycles. The molecule has 0 saturated heterocycles. The zero-order valence-electron chi connectivity index (χ0n) is 30.5. The summed E-state index contributed by atoms with van der Waals surface area (Å²) in [6.45, 7) is 5.19. The van der Waals surface area contributed by atoms with Crippen molar-refractivity contribution in [1.82, 2.24) is 25.3 Å². The minimum atomic E-state index is -2.25. The molecule has 7 rings (SSSR count). The smallest absolute Gasteiger partial charge is 0.336 e. The molecule has 0 fully saturated rings. The summed E-state index contributed by atoms with van der Waals surface area (Å²) in [6, 6.07) is 18.9. The van der Waals surface area contributed by atoms with Crippen LogP contribution in [-0.2, 0) is 13.2 Å². The van der Waals surface area contributed by atoms with Gasteiger partial charge in [0.05, 0.1) is 11.9 Å².